The molecule has 2 amide bonds. The van der Waals surface area contributed by atoms with Gasteiger partial charge in [0.15, 0.2) is 5.16 Å². The number of primary amides is 1. The summed E-state index contributed by atoms with van der Waals surface area (Å²) in [7, 11) is 0. The molecule has 2 aromatic heterocycles. The molecule has 32 heavy (non-hydrogen) atoms. The highest BCUT2D eigenvalue weighted by Crippen LogP contribution is 2.24. The van der Waals surface area contributed by atoms with Crippen molar-refractivity contribution in [1.82, 2.24) is 20.1 Å². The Morgan fingerprint density at radius 3 is 2.59 bits per heavy atom. The van der Waals surface area contributed by atoms with Crippen molar-refractivity contribution < 1.29 is 14.0 Å². The van der Waals surface area contributed by atoms with E-state index in [0.717, 1.165) is 18.6 Å². The number of furan rings is 1. The number of hydrogen-bond acceptors (Lipinski definition) is 6. The molecule has 2 unspecified atom stereocenters. The Morgan fingerprint density at radius 2 is 1.91 bits per heavy atom. The van der Waals surface area contributed by atoms with E-state index in [9.17, 15) is 9.59 Å². The fraction of sp³-hybridized carbons (Fsp3) is 0.391. The summed E-state index contributed by atoms with van der Waals surface area (Å²) in [5.41, 5.74) is 6.54. The van der Waals surface area contributed by atoms with Crippen LogP contribution in [0, 0.1) is 0 Å². The van der Waals surface area contributed by atoms with Gasteiger partial charge in [-0.25, -0.2) is 0 Å². The van der Waals surface area contributed by atoms with Crippen LogP contribution in [0.5, 0.6) is 0 Å². The maximum atomic E-state index is 12.8. The zero-order valence-electron chi connectivity index (χ0n) is 18.4. The van der Waals surface area contributed by atoms with Crippen LogP contribution in [0.1, 0.15) is 43.8 Å². The van der Waals surface area contributed by atoms with Gasteiger partial charge in [0, 0.05) is 18.9 Å². The van der Waals surface area contributed by atoms with Gasteiger partial charge in [-0.3, -0.25) is 14.2 Å². The van der Waals surface area contributed by atoms with Gasteiger partial charge in [0.05, 0.1) is 18.1 Å². The van der Waals surface area contributed by atoms with E-state index in [1.165, 1.54) is 17.3 Å². The van der Waals surface area contributed by atoms with Crippen LogP contribution in [0.3, 0.4) is 0 Å². The highest BCUT2D eigenvalue weighted by molar-refractivity contribution is 8.00. The van der Waals surface area contributed by atoms with Gasteiger partial charge in [0.25, 0.3) is 0 Å². The van der Waals surface area contributed by atoms with Gasteiger partial charge in [-0.1, -0.05) is 42.1 Å². The molecule has 170 valence electrons. The van der Waals surface area contributed by atoms with E-state index in [1.807, 2.05) is 48.7 Å². The molecule has 1 aromatic carbocycles. The molecule has 2 heterocycles. The second-order valence-corrected chi connectivity index (χ2v) is 9.03. The molecule has 3 rings (SSSR count). The number of nitrogens with one attached hydrogen (secondary N) is 1. The molecule has 3 N–H and O–H groups in total. The van der Waals surface area contributed by atoms with Gasteiger partial charge in [0.1, 0.15) is 11.6 Å². The lowest BCUT2D eigenvalue weighted by atomic mass is 10.1. The smallest absolute Gasteiger partial charge is 0.233 e. The van der Waals surface area contributed by atoms with Crippen LogP contribution in [0.15, 0.2) is 58.3 Å². The monoisotopic (exact) mass is 455 g/mol. The van der Waals surface area contributed by atoms with Crippen molar-refractivity contribution >= 4 is 23.6 Å². The number of thioether (sulfide) groups is 1. The lowest BCUT2D eigenvalue weighted by Gasteiger charge is -2.17. The Hall–Kier alpha value is -3.07. The summed E-state index contributed by atoms with van der Waals surface area (Å²) in [6.07, 6.45) is 3.92. The fourth-order valence-corrected chi connectivity index (χ4v) is 4.09. The van der Waals surface area contributed by atoms with Gasteiger partial charge in [-0.2, -0.15) is 0 Å². The van der Waals surface area contributed by atoms with Crippen molar-refractivity contribution in [3.05, 3.63) is 65.9 Å². The van der Waals surface area contributed by atoms with E-state index >= 15 is 0 Å². The maximum absolute atomic E-state index is 12.8. The van der Waals surface area contributed by atoms with E-state index in [1.54, 1.807) is 6.26 Å². The van der Waals surface area contributed by atoms with Crippen LogP contribution < -0.4 is 11.1 Å². The van der Waals surface area contributed by atoms with Gasteiger partial charge in [-0.05, 0) is 44.4 Å². The van der Waals surface area contributed by atoms with Gasteiger partial charge in [0.2, 0.25) is 11.8 Å². The summed E-state index contributed by atoms with van der Waals surface area (Å²) < 4.78 is 7.32. The summed E-state index contributed by atoms with van der Waals surface area (Å²) in [5, 5.41) is 11.8. The first-order valence-corrected chi connectivity index (χ1v) is 11.5. The van der Waals surface area contributed by atoms with E-state index in [2.05, 4.69) is 27.6 Å². The molecule has 8 nitrogen and oxygen atoms in total. The molecule has 0 bridgehead atoms. The average Bonchev–Trinajstić information content (AvgIpc) is 3.42. The van der Waals surface area contributed by atoms with Crippen molar-refractivity contribution in [3.8, 4) is 0 Å². The first-order chi connectivity index (χ1) is 15.4. The van der Waals surface area contributed by atoms with Crippen LogP contribution in [-0.4, -0.2) is 37.9 Å². The normalized spacial score (nSPS) is 12.9. The molecular formula is C23H29N5O3S. The number of nitrogens with two attached hydrogens (primary N) is 1. The predicted molar refractivity (Wildman–Crippen MR) is 123 cm³/mol. The molecule has 0 aliphatic heterocycles. The third-order valence-corrected chi connectivity index (χ3v) is 6.11. The third kappa shape index (κ3) is 6.98. The van der Waals surface area contributed by atoms with E-state index in [4.69, 9.17) is 10.2 Å². The molecular weight excluding hydrogens is 426 g/mol. The molecule has 0 spiro atoms. The van der Waals surface area contributed by atoms with Crippen LogP contribution in [0.25, 0.3) is 0 Å². The highest BCUT2D eigenvalue weighted by atomic mass is 32.2. The molecule has 0 aliphatic rings. The van der Waals surface area contributed by atoms with E-state index in [-0.39, 0.29) is 23.6 Å². The van der Waals surface area contributed by atoms with Crippen molar-refractivity contribution in [2.45, 2.75) is 62.5 Å². The Morgan fingerprint density at radius 1 is 1.12 bits per heavy atom. The minimum atomic E-state index is -0.399. The topological polar surface area (TPSA) is 116 Å². The second kappa shape index (κ2) is 11.5. The lowest BCUT2D eigenvalue weighted by Crippen LogP contribution is -2.38. The zero-order valence-corrected chi connectivity index (χ0v) is 19.2. The number of hydrogen-bond donors (Lipinski definition) is 2. The van der Waals surface area contributed by atoms with Gasteiger partial charge in [-0.15, -0.1) is 10.2 Å². The lowest BCUT2D eigenvalue weighted by molar-refractivity contribution is -0.121. The molecule has 3 aromatic rings. The molecule has 0 fully saturated rings. The van der Waals surface area contributed by atoms with Crippen LogP contribution >= 0.6 is 11.8 Å². The maximum Gasteiger partial charge on any atom is 0.233 e. The highest BCUT2D eigenvalue weighted by Gasteiger charge is 2.22. The molecule has 0 aliphatic carbocycles. The van der Waals surface area contributed by atoms with Crippen LogP contribution in [-0.2, 0) is 29.0 Å². The zero-order chi connectivity index (χ0) is 22.9. The number of amides is 2. The fourth-order valence-electron chi connectivity index (χ4n) is 3.22. The van der Waals surface area contributed by atoms with E-state index < -0.39 is 5.91 Å². The first-order valence-electron chi connectivity index (χ1n) is 10.7. The number of carbonyl (C=O) groups is 2. The molecule has 9 heteroatoms. The minimum absolute atomic E-state index is 0.0536. The summed E-state index contributed by atoms with van der Waals surface area (Å²) in [5.74, 6) is 0.913. The summed E-state index contributed by atoms with van der Waals surface area (Å²) in [6, 6.07) is 13.9. The van der Waals surface area contributed by atoms with Crippen molar-refractivity contribution in [2.75, 3.05) is 0 Å². The van der Waals surface area contributed by atoms with Crippen LogP contribution in [0.4, 0.5) is 0 Å². The first kappa shape index (κ1) is 23.6. The number of aryl methyl sites for hydroxylation is 2. The Kier molecular flexibility index (Phi) is 8.49. The van der Waals surface area contributed by atoms with Crippen molar-refractivity contribution in [2.24, 2.45) is 5.73 Å². The number of benzene rings is 1. The minimum Gasteiger partial charge on any atom is -0.467 e. The van der Waals surface area contributed by atoms with E-state index in [0.29, 0.717) is 23.9 Å². The molecule has 2 atom stereocenters. The van der Waals surface area contributed by atoms with Gasteiger partial charge < -0.3 is 15.5 Å². The number of rotatable bonds is 12. The Balaban J connectivity index is 1.60. The molecule has 0 radical (unpaired) electrons. The summed E-state index contributed by atoms with van der Waals surface area (Å²) in [4.78, 5) is 24.0. The Bertz CT molecular complexity index is 1000. The summed E-state index contributed by atoms with van der Waals surface area (Å²) >= 11 is 1.33. The van der Waals surface area contributed by atoms with Crippen molar-refractivity contribution in [3.63, 3.8) is 0 Å². The van der Waals surface area contributed by atoms with Crippen LogP contribution in [0.2, 0.25) is 0 Å². The standard InChI is InChI=1S/C23H29N5O3S/c1-16(10-11-18-7-4-3-5-8-18)25-22(30)17(2)32-23-27-26-21(13-12-20(24)29)28(23)15-19-9-6-14-31-19/h3-9,14,16-17H,10-13,15H2,1-2H3,(H2,24,29)(H,25,30). The number of carbonyl (C=O) groups excluding carboxylic acids is 2. The predicted octanol–water partition coefficient (Wildman–Crippen LogP) is 2.96. The SMILES string of the molecule is CC(CCc1ccccc1)NC(=O)C(C)Sc1nnc(CCC(N)=O)n1Cc1ccco1. The molecule has 0 saturated heterocycles. The number of aromatic nitrogens is 3. The van der Waals surface area contributed by atoms with Crippen molar-refractivity contribution in [1.29, 1.82) is 0 Å². The second-order valence-electron chi connectivity index (χ2n) is 7.72. The van der Waals surface area contributed by atoms with Gasteiger partial charge >= 0.3 is 0 Å². The third-order valence-electron chi connectivity index (χ3n) is 5.03. The largest absolute Gasteiger partial charge is 0.467 e. The summed E-state index contributed by atoms with van der Waals surface area (Å²) in [6.45, 7) is 4.27. The number of nitrogens with zero attached hydrogens (tertiary/aromatic N) is 3. The quantitative estimate of drug-likeness (QED) is 0.406. The Labute approximate surface area is 192 Å². The molecule has 0 saturated carbocycles. The average molecular weight is 456 g/mol.